The van der Waals surface area contributed by atoms with Crippen molar-refractivity contribution in [3.05, 3.63) is 47.9 Å². The number of methoxy groups -OCH3 is 1. The van der Waals surface area contributed by atoms with Crippen LogP contribution in [0.5, 0.6) is 5.75 Å². The van der Waals surface area contributed by atoms with Gasteiger partial charge in [-0.05, 0) is 59.1 Å². The van der Waals surface area contributed by atoms with E-state index in [1.807, 2.05) is 25.2 Å². The zero-order chi connectivity index (χ0) is 32.6. The maximum atomic E-state index is 16.0. The molecule has 2 heterocycles. The highest BCUT2D eigenvalue weighted by Crippen LogP contribution is 2.42. The molecule has 7 nitrogen and oxygen atoms in total. The number of ether oxygens (including phenoxy) is 2. The Hall–Kier alpha value is -3.39. The summed E-state index contributed by atoms with van der Waals surface area (Å²) in [5.41, 5.74) is 7.18. The number of aromatic nitrogens is 3. The third-order valence-electron chi connectivity index (χ3n) is 9.15. The Morgan fingerprint density at radius 2 is 1.76 bits per heavy atom. The highest BCUT2D eigenvalue weighted by atomic mass is 32.2. The number of fused-ring (bicyclic) bond motifs is 2. The minimum absolute atomic E-state index is 0.0593. The zero-order valence-electron chi connectivity index (χ0n) is 27.7. The van der Waals surface area contributed by atoms with Crippen LogP contribution in [0.1, 0.15) is 59.9 Å². The van der Waals surface area contributed by atoms with E-state index in [-0.39, 0.29) is 17.8 Å². The van der Waals surface area contributed by atoms with Crippen LogP contribution in [0.2, 0.25) is 16.6 Å². The lowest BCUT2D eigenvalue weighted by molar-refractivity contribution is 0.0512. The van der Waals surface area contributed by atoms with Crippen molar-refractivity contribution in [2.24, 2.45) is 0 Å². The Balaban J connectivity index is 1.86. The van der Waals surface area contributed by atoms with Crippen molar-refractivity contribution in [3.63, 3.8) is 0 Å². The van der Waals surface area contributed by atoms with Gasteiger partial charge in [-0.1, -0.05) is 53.5 Å². The predicted molar refractivity (Wildman–Crippen MR) is 184 cm³/mol. The van der Waals surface area contributed by atoms with Gasteiger partial charge in [-0.15, -0.1) is 5.54 Å². The molecule has 1 aliphatic rings. The first kappa shape index (κ1) is 33.0. The van der Waals surface area contributed by atoms with Gasteiger partial charge in [0.2, 0.25) is 5.16 Å². The molecule has 10 heteroatoms. The number of hydrogen-bond acceptors (Lipinski definition) is 7. The van der Waals surface area contributed by atoms with Crippen LogP contribution in [0.15, 0.2) is 41.7 Å². The quantitative estimate of drug-likeness (QED) is 0.0751. The van der Waals surface area contributed by atoms with E-state index in [0.717, 1.165) is 29.4 Å². The molecule has 0 radical (unpaired) electrons. The molecular formula is C35H43FN4O3SSi. The van der Waals surface area contributed by atoms with Crippen molar-refractivity contribution in [3.8, 4) is 28.5 Å². The first-order chi connectivity index (χ1) is 21.4. The lowest BCUT2D eigenvalue weighted by Gasteiger charge is -2.38. The fourth-order valence-corrected chi connectivity index (χ4v) is 12.4. The first-order valence-electron chi connectivity index (χ1n) is 15.5. The van der Waals surface area contributed by atoms with Gasteiger partial charge in [-0.3, -0.25) is 4.21 Å². The monoisotopic (exact) mass is 646 g/mol. The minimum atomic E-state index is -2.17. The average Bonchev–Trinajstić information content (AvgIpc) is 3.85. The summed E-state index contributed by atoms with van der Waals surface area (Å²) in [7, 11) is 0.0628. The van der Waals surface area contributed by atoms with Gasteiger partial charge in [0.15, 0.2) is 6.79 Å². The summed E-state index contributed by atoms with van der Waals surface area (Å²) in [5, 5.41) is 2.47. The predicted octanol–water partition coefficient (Wildman–Crippen LogP) is 7.87. The van der Waals surface area contributed by atoms with E-state index in [2.05, 4.69) is 67.9 Å². The maximum absolute atomic E-state index is 16.0. The number of hydrogen-bond donors (Lipinski definition) is 0. The Labute approximate surface area is 269 Å². The second kappa shape index (κ2) is 13.1. The van der Waals surface area contributed by atoms with Crippen LogP contribution in [0.25, 0.3) is 32.9 Å². The highest BCUT2D eigenvalue weighted by Gasteiger charge is 2.41. The summed E-state index contributed by atoms with van der Waals surface area (Å²) >= 11 is 0. The summed E-state index contributed by atoms with van der Waals surface area (Å²) in [5.74, 6) is 4.33. The van der Waals surface area contributed by atoms with Gasteiger partial charge >= 0.3 is 0 Å². The molecule has 2 aromatic carbocycles. The Bertz CT molecular complexity index is 1810. The van der Waals surface area contributed by atoms with Gasteiger partial charge < -0.3 is 14.4 Å². The molecule has 0 spiro atoms. The van der Waals surface area contributed by atoms with E-state index in [9.17, 15) is 4.21 Å². The SMILES string of the molecule is COCOc1cc(-c2cc3nc(S(C)=O)ncc3c(N(C)C3CC3)n2)c2c(C#C[Si](C(C)C)(C(C)C)C(C)C)c(F)ccc2c1. The van der Waals surface area contributed by atoms with E-state index < -0.39 is 18.9 Å². The largest absolute Gasteiger partial charge is 0.468 e. The minimum Gasteiger partial charge on any atom is -0.468 e. The average molecular weight is 647 g/mol. The van der Waals surface area contributed by atoms with Crippen molar-refractivity contribution in [2.45, 2.75) is 82.2 Å². The molecule has 1 fully saturated rings. The summed E-state index contributed by atoms with van der Waals surface area (Å²) < 4.78 is 39.5. The van der Waals surface area contributed by atoms with Crippen LogP contribution in [0.3, 0.4) is 0 Å². The number of nitrogens with zero attached hydrogens (tertiary/aromatic N) is 4. The van der Waals surface area contributed by atoms with E-state index >= 15 is 4.39 Å². The summed E-state index contributed by atoms with van der Waals surface area (Å²) in [6, 6.07) is 9.23. The van der Waals surface area contributed by atoms with Crippen molar-refractivity contribution >= 4 is 46.4 Å². The molecule has 1 saturated carbocycles. The Morgan fingerprint density at radius 1 is 1.07 bits per heavy atom. The Morgan fingerprint density at radius 3 is 2.36 bits per heavy atom. The molecule has 1 atom stereocenters. The molecule has 4 aromatic rings. The molecule has 1 aliphatic carbocycles. The lowest BCUT2D eigenvalue weighted by atomic mass is 9.96. The second-order valence-electron chi connectivity index (χ2n) is 12.9. The molecule has 0 bridgehead atoms. The standard InChI is InChI=1S/C35H43FN4O3SSi/c1-21(2)45(22(3)4,23(5)6)15-14-27-30(36)13-10-24-16-26(43-20-42-8)17-28(33(24)27)31-18-32-29(19-37-35(39-32)44(9)41)34(38-31)40(7)25-11-12-25/h10,13,16-19,21-23,25H,11-12,20H2,1-9H3. The van der Waals surface area contributed by atoms with Gasteiger partial charge in [0.1, 0.15) is 25.5 Å². The van der Waals surface area contributed by atoms with E-state index in [4.69, 9.17) is 14.5 Å². The van der Waals surface area contributed by atoms with E-state index in [0.29, 0.717) is 56.1 Å². The third-order valence-corrected chi connectivity index (χ3v) is 16.2. The number of pyridine rings is 1. The number of anilines is 1. The van der Waals surface area contributed by atoms with Gasteiger partial charge in [-0.25, -0.2) is 19.3 Å². The van der Waals surface area contributed by atoms with E-state index in [1.54, 1.807) is 25.6 Å². The topological polar surface area (TPSA) is 77.4 Å². The normalized spacial score (nSPS) is 14.3. The molecule has 0 N–H and O–H groups in total. The van der Waals surface area contributed by atoms with Gasteiger partial charge in [0.05, 0.1) is 33.0 Å². The van der Waals surface area contributed by atoms with Crippen LogP contribution in [0.4, 0.5) is 10.2 Å². The van der Waals surface area contributed by atoms with Crippen LogP contribution in [0, 0.1) is 17.3 Å². The molecule has 45 heavy (non-hydrogen) atoms. The molecule has 0 saturated heterocycles. The summed E-state index contributed by atoms with van der Waals surface area (Å²) in [6.45, 7) is 13.6. The zero-order valence-corrected chi connectivity index (χ0v) is 29.5. The molecular weight excluding hydrogens is 604 g/mol. The molecule has 0 aliphatic heterocycles. The van der Waals surface area contributed by atoms with Gasteiger partial charge in [-0.2, -0.15) is 0 Å². The molecule has 5 rings (SSSR count). The van der Waals surface area contributed by atoms with Gasteiger partial charge in [0.25, 0.3) is 0 Å². The molecule has 238 valence electrons. The number of halogens is 1. The Kier molecular flexibility index (Phi) is 9.64. The van der Waals surface area contributed by atoms with Crippen LogP contribution in [-0.4, -0.2) is 60.5 Å². The third kappa shape index (κ3) is 6.35. The highest BCUT2D eigenvalue weighted by molar-refractivity contribution is 7.84. The lowest BCUT2D eigenvalue weighted by Crippen LogP contribution is -2.43. The smallest absolute Gasteiger partial charge is 0.218 e. The van der Waals surface area contributed by atoms with Crippen molar-refractivity contribution in [1.82, 2.24) is 15.0 Å². The molecule has 1 unspecified atom stereocenters. The first-order valence-corrected chi connectivity index (χ1v) is 19.3. The number of benzene rings is 2. The van der Waals surface area contributed by atoms with Crippen molar-refractivity contribution < 1.29 is 18.1 Å². The van der Waals surface area contributed by atoms with E-state index in [1.165, 1.54) is 6.07 Å². The summed E-state index contributed by atoms with van der Waals surface area (Å²) in [4.78, 5) is 16.4. The van der Waals surface area contributed by atoms with Crippen LogP contribution < -0.4 is 9.64 Å². The van der Waals surface area contributed by atoms with Crippen molar-refractivity contribution in [2.75, 3.05) is 32.1 Å². The molecule has 2 aromatic heterocycles. The van der Waals surface area contributed by atoms with Gasteiger partial charge in [0, 0.05) is 43.6 Å². The van der Waals surface area contributed by atoms with Crippen molar-refractivity contribution in [1.29, 1.82) is 0 Å². The van der Waals surface area contributed by atoms with Crippen LogP contribution >= 0.6 is 0 Å². The number of rotatable bonds is 10. The fraction of sp³-hybridized carbons (Fsp3) is 0.457. The second-order valence-corrected chi connectivity index (χ2v) is 19.8. The molecule has 0 amide bonds. The fourth-order valence-electron chi connectivity index (χ4n) is 6.73. The summed E-state index contributed by atoms with van der Waals surface area (Å²) in [6.07, 6.45) is 5.41. The van der Waals surface area contributed by atoms with Crippen LogP contribution in [-0.2, 0) is 15.5 Å². The maximum Gasteiger partial charge on any atom is 0.218 e.